The Morgan fingerprint density at radius 3 is 3.00 bits per heavy atom. The van der Waals surface area contributed by atoms with Gasteiger partial charge in [-0.1, -0.05) is 6.07 Å². The van der Waals surface area contributed by atoms with Gasteiger partial charge in [0.25, 0.3) is 0 Å². The molecule has 0 saturated carbocycles. The van der Waals surface area contributed by atoms with E-state index in [1.54, 1.807) is 0 Å². The third-order valence-electron chi connectivity index (χ3n) is 4.37. The predicted molar refractivity (Wildman–Crippen MR) is 76.9 cm³/mol. The molecule has 0 amide bonds. The van der Waals surface area contributed by atoms with Gasteiger partial charge in [-0.25, -0.2) is 0 Å². The first-order chi connectivity index (χ1) is 8.88. The Labute approximate surface area is 114 Å². The molecule has 0 spiro atoms. The van der Waals surface area contributed by atoms with Crippen molar-refractivity contribution < 1.29 is 0 Å². The van der Waals surface area contributed by atoms with Crippen LogP contribution in [0.4, 0.5) is 0 Å². The molecule has 18 heavy (non-hydrogen) atoms. The molecular weight excluding hydrogens is 242 g/mol. The molecule has 1 aromatic rings. The van der Waals surface area contributed by atoms with Crippen molar-refractivity contribution in [3.63, 3.8) is 0 Å². The summed E-state index contributed by atoms with van der Waals surface area (Å²) in [7, 11) is 0. The number of hydrogen-bond acceptors (Lipinski definition) is 4. The lowest BCUT2D eigenvalue weighted by Gasteiger charge is -2.31. The largest absolute Gasteiger partial charge is 0.329 e. The van der Waals surface area contributed by atoms with E-state index < -0.39 is 0 Å². The van der Waals surface area contributed by atoms with Crippen LogP contribution in [0.1, 0.15) is 30.2 Å². The smallest absolute Gasteiger partial charge is 0.0564 e. The van der Waals surface area contributed by atoms with Crippen LogP contribution < -0.4 is 5.73 Å². The standard InChI is InChI=1S/C14H23N3S/c15-10-13(14-5-2-9-18-14)17-8-3-7-16-6-1-4-12(16)11-17/h2,5,9,12-13H,1,3-4,6-8,10-11,15H2. The maximum Gasteiger partial charge on any atom is 0.0564 e. The van der Waals surface area contributed by atoms with Crippen molar-refractivity contribution in [3.05, 3.63) is 22.4 Å². The second kappa shape index (κ2) is 5.70. The topological polar surface area (TPSA) is 32.5 Å². The summed E-state index contributed by atoms with van der Waals surface area (Å²) in [4.78, 5) is 6.74. The first-order valence-electron chi connectivity index (χ1n) is 7.10. The van der Waals surface area contributed by atoms with Crippen molar-refractivity contribution in [2.75, 3.05) is 32.7 Å². The van der Waals surface area contributed by atoms with Gasteiger partial charge in [-0.3, -0.25) is 9.80 Å². The second-order valence-corrected chi connectivity index (χ2v) is 6.43. The fourth-order valence-electron chi connectivity index (χ4n) is 3.44. The van der Waals surface area contributed by atoms with Gasteiger partial charge in [0.15, 0.2) is 0 Å². The lowest BCUT2D eigenvalue weighted by Crippen LogP contribution is -2.40. The highest BCUT2D eigenvalue weighted by Crippen LogP contribution is 2.29. The molecule has 0 aliphatic carbocycles. The van der Waals surface area contributed by atoms with E-state index in [-0.39, 0.29) is 0 Å². The molecule has 3 nitrogen and oxygen atoms in total. The highest BCUT2D eigenvalue weighted by molar-refractivity contribution is 7.10. The third-order valence-corrected chi connectivity index (χ3v) is 5.34. The molecule has 3 rings (SSSR count). The molecule has 4 heteroatoms. The molecule has 0 radical (unpaired) electrons. The zero-order valence-electron chi connectivity index (χ0n) is 10.9. The zero-order chi connectivity index (χ0) is 12.4. The monoisotopic (exact) mass is 265 g/mol. The molecule has 2 aliphatic rings. The van der Waals surface area contributed by atoms with Crippen molar-refractivity contribution >= 4 is 11.3 Å². The van der Waals surface area contributed by atoms with Crippen LogP contribution in [-0.2, 0) is 0 Å². The first kappa shape index (κ1) is 12.6. The predicted octanol–water partition coefficient (Wildman–Crippen LogP) is 1.92. The third kappa shape index (κ3) is 2.48. The van der Waals surface area contributed by atoms with E-state index >= 15 is 0 Å². The fourth-order valence-corrected chi connectivity index (χ4v) is 4.32. The van der Waals surface area contributed by atoms with Crippen molar-refractivity contribution in [3.8, 4) is 0 Å². The Kier molecular flexibility index (Phi) is 3.99. The Hall–Kier alpha value is -0.420. The molecule has 2 saturated heterocycles. The summed E-state index contributed by atoms with van der Waals surface area (Å²) in [6.45, 7) is 5.74. The van der Waals surface area contributed by atoms with E-state index in [1.807, 2.05) is 11.3 Å². The maximum atomic E-state index is 6.03. The van der Waals surface area contributed by atoms with Crippen LogP contribution in [0.15, 0.2) is 17.5 Å². The average molecular weight is 265 g/mol. The minimum Gasteiger partial charge on any atom is -0.329 e. The van der Waals surface area contributed by atoms with Gasteiger partial charge in [0.1, 0.15) is 0 Å². The van der Waals surface area contributed by atoms with Gasteiger partial charge in [-0.2, -0.15) is 0 Å². The Morgan fingerprint density at radius 1 is 1.33 bits per heavy atom. The molecule has 2 N–H and O–H groups in total. The number of nitrogens with zero attached hydrogens (tertiary/aromatic N) is 2. The van der Waals surface area contributed by atoms with Gasteiger partial charge < -0.3 is 5.73 Å². The summed E-state index contributed by atoms with van der Waals surface area (Å²) in [6.07, 6.45) is 4.04. The normalized spacial score (nSPS) is 27.9. The van der Waals surface area contributed by atoms with E-state index in [4.69, 9.17) is 5.73 Å². The van der Waals surface area contributed by atoms with Crippen LogP contribution in [0.3, 0.4) is 0 Å². The van der Waals surface area contributed by atoms with Crippen LogP contribution in [-0.4, -0.2) is 48.6 Å². The summed E-state index contributed by atoms with van der Waals surface area (Å²) in [5.74, 6) is 0. The summed E-state index contributed by atoms with van der Waals surface area (Å²) in [5, 5.41) is 2.16. The molecule has 2 unspecified atom stereocenters. The van der Waals surface area contributed by atoms with Gasteiger partial charge in [0, 0.05) is 30.6 Å². The Bertz CT molecular complexity index is 365. The zero-order valence-corrected chi connectivity index (χ0v) is 11.7. The molecule has 0 aromatic carbocycles. The molecule has 2 fully saturated rings. The van der Waals surface area contributed by atoms with E-state index in [0.717, 1.165) is 12.6 Å². The van der Waals surface area contributed by atoms with Crippen molar-refractivity contribution in [1.82, 2.24) is 9.80 Å². The number of hydrogen-bond donors (Lipinski definition) is 1. The van der Waals surface area contributed by atoms with E-state index in [1.165, 1.54) is 50.3 Å². The molecule has 100 valence electrons. The fraction of sp³-hybridized carbons (Fsp3) is 0.714. The minimum absolute atomic E-state index is 0.436. The van der Waals surface area contributed by atoms with E-state index in [9.17, 15) is 0 Å². The van der Waals surface area contributed by atoms with Crippen LogP contribution in [0.25, 0.3) is 0 Å². The number of nitrogens with two attached hydrogens (primary N) is 1. The first-order valence-corrected chi connectivity index (χ1v) is 7.98. The molecule has 0 bridgehead atoms. The number of rotatable bonds is 3. The van der Waals surface area contributed by atoms with Gasteiger partial charge in [-0.05, 0) is 43.8 Å². The minimum atomic E-state index is 0.436. The Morgan fingerprint density at radius 2 is 2.22 bits per heavy atom. The van der Waals surface area contributed by atoms with Gasteiger partial charge in [0.05, 0.1) is 6.04 Å². The summed E-state index contributed by atoms with van der Waals surface area (Å²) in [6, 6.07) is 5.59. The van der Waals surface area contributed by atoms with Gasteiger partial charge in [-0.15, -0.1) is 11.3 Å². The average Bonchev–Trinajstić information content (AvgIpc) is 3.00. The van der Waals surface area contributed by atoms with Crippen LogP contribution in [0.2, 0.25) is 0 Å². The van der Waals surface area contributed by atoms with E-state index in [2.05, 4.69) is 27.3 Å². The molecule has 2 atom stereocenters. The number of thiophene rings is 1. The van der Waals surface area contributed by atoms with Gasteiger partial charge >= 0.3 is 0 Å². The molecular formula is C14H23N3S. The second-order valence-electron chi connectivity index (χ2n) is 5.45. The molecule has 3 heterocycles. The summed E-state index contributed by atoms with van der Waals surface area (Å²) in [5.41, 5.74) is 6.03. The van der Waals surface area contributed by atoms with Crippen molar-refractivity contribution in [1.29, 1.82) is 0 Å². The summed E-state index contributed by atoms with van der Waals surface area (Å²) >= 11 is 1.85. The van der Waals surface area contributed by atoms with Crippen LogP contribution >= 0.6 is 11.3 Å². The maximum absolute atomic E-state index is 6.03. The lowest BCUT2D eigenvalue weighted by molar-refractivity contribution is 0.178. The lowest BCUT2D eigenvalue weighted by atomic mass is 10.1. The highest BCUT2D eigenvalue weighted by atomic mass is 32.1. The van der Waals surface area contributed by atoms with Gasteiger partial charge in [0.2, 0.25) is 0 Å². The van der Waals surface area contributed by atoms with Crippen LogP contribution in [0.5, 0.6) is 0 Å². The quantitative estimate of drug-likeness (QED) is 0.906. The number of fused-ring (bicyclic) bond motifs is 1. The van der Waals surface area contributed by atoms with E-state index in [0.29, 0.717) is 6.04 Å². The molecule has 1 aromatic heterocycles. The van der Waals surface area contributed by atoms with Crippen LogP contribution in [0, 0.1) is 0 Å². The van der Waals surface area contributed by atoms with Crippen molar-refractivity contribution in [2.45, 2.75) is 31.3 Å². The molecule has 2 aliphatic heterocycles. The highest BCUT2D eigenvalue weighted by Gasteiger charge is 2.31. The Balaban J connectivity index is 1.73. The summed E-state index contributed by atoms with van der Waals surface area (Å²) < 4.78 is 0. The van der Waals surface area contributed by atoms with Crippen molar-refractivity contribution in [2.24, 2.45) is 5.73 Å². The SMILES string of the molecule is NCC(c1cccs1)N1CCCN2CCCC2C1.